The molecule has 0 bridgehead atoms. The van der Waals surface area contributed by atoms with E-state index < -0.39 is 10.0 Å². The van der Waals surface area contributed by atoms with Gasteiger partial charge in [-0.2, -0.15) is 0 Å². The van der Waals surface area contributed by atoms with Crippen LogP contribution in [0.25, 0.3) is 6.08 Å². The van der Waals surface area contributed by atoms with Gasteiger partial charge in [-0.3, -0.25) is 19.5 Å². The topological polar surface area (TPSA) is 122 Å². The zero-order valence-corrected chi connectivity index (χ0v) is 17.0. The van der Waals surface area contributed by atoms with E-state index in [1.807, 2.05) is 0 Å². The number of furan rings is 1. The normalized spacial score (nSPS) is 13.8. The van der Waals surface area contributed by atoms with Gasteiger partial charge in [0.25, 0.3) is 5.91 Å². The quantitative estimate of drug-likeness (QED) is 0.569. The van der Waals surface area contributed by atoms with Gasteiger partial charge in [-0.15, -0.1) is 0 Å². The Bertz CT molecular complexity index is 1240. The maximum atomic E-state index is 12.6. The number of aromatic nitrogens is 1. The first-order valence-electron chi connectivity index (χ1n) is 9.28. The lowest BCUT2D eigenvalue weighted by Gasteiger charge is -2.27. The predicted molar refractivity (Wildman–Crippen MR) is 113 cm³/mol. The molecule has 2 N–H and O–H groups in total. The number of hydrogen-bond donors (Lipinski definition) is 2. The van der Waals surface area contributed by atoms with Crippen molar-refractivity contribution in [3.05, 3.63) is 78.5 Å². The second-order valence-corrected chi connectivity index (χ2v) is 8.44. The first kappa shape index (κ1) is 20.5. The SMILES string of the molecule is O=C1CN(C(=O)/C=C\c2ccc(S(=O)(=O)NCc3ccco3)cc2)c2ccncc2N1. The van der Waals surface area contributed by atoms with Crippen molar-refractivity contribution in [3.8, 4) is 0 Å². The fraction of sp³-hybridized carbons (Fsp3) is 0.0952. The number of pyridine rings is 1. The highest BCUT2D eigenvalue weighted by molar-refractivity contribution is 7.89. The largest absolute Gasteiger partial charge is 0.468 e. The van der Waals surface area contributed by atoms with Gasteiger partial charge in [-0.25, -0.2) is 13.1 Å². The van der Waals surface area contributed by atoms with Crippen molar-refractivity contribution >= 4 is 39.3 Å². The molecule has 158 valence electrons. The summed E-state index contributed by atoms with van der Waals surface area (Å²) in [7, 11) is -3.70. The second-order valence-electron chi connectivity index (χ2n) is 6.67. The van der Waals surface area contributed by atoms with Crippen LogP contribution in [0, 0.1) is 0 Å². The number of nitrogens with zero attached hydrogens (tertiary/aromatic N) is 2. The van der Waals surface area contributed by atoms with Crippen molar-refractivity contribution in [2.24, 2.45) is 0 Å². The van der Waals surface area contributed by atoms with Crippen LogP contribution in [0.4, 0.5) is 11.4 Å². The van der Waals surface area contributed by atoms with Crippen molar-refractivity contribution in [1.29, 1.82) is 0 Å². The third-order valence-electron chi connectivity index (χ3n) is 4.56. The molecule has 0 radical (unpaired) electrons. The van der Waals surface area contributed by atoms with Gasteiger partial charge in [0.05, 0.1) is 35.3 Å². The molecule has 2 aromatic heterocycles. The summed E-state index contributed by atoms with van der Waals surface area (Å²) in [5.41, 5.74) is 1.67. The van der Waals surface area contributed by atoms with Crippen LogP contribution in [-0.4, -0.2) is 31.8 Å². The molecule has 0 unspecified atom stereocenters. The Morgan fingerprint density at radius 2 is 2.03 bits per heavy atom. The van der Waals surface area contributed by atoms with Crippen LogP contribution in [0.15, 0.2) is 76.5 Å². The lowest BCUT2D eigenvalue weighted by atomic mass is 10.2. The summed E-state index contributed by atoms with van der Waals surface area (Å²) >= 11 is 0. The highest BCUT2D eigenvalue weighted by Crippen LogP contribution is 2.28. The number of hydrogen-bond acceptors (Lipinski definition) is 6. The predicted octanol–water partition coefficient (Wildman–Crippen LogP) is 2.15. The van der Waals surface area contributed by atoms with Gasteiger partial charge < -0.3 is 9.73 Å². The van der Waals surface area contributed by atoms with Crippen molar-refractivity contribution < 1.29 is 22.4 Å². The number of benzene rings is 1. The van der Waals surface area contributed by atoms with Crippen LogP contribution < -0.4 is 14.9 Å². The van der Waals surface area contributed by atoms with E-state index in [4.69, 9.17) is 4.42 Å². The minimum atomic E-state index is -3.70. The molecule has 0 spiro atoms. The molecule has 0 saturated heterocycles. The average Bonchev–Trinajstić information content (AvgIpc) is 3.30. The van der Waals surface area contributed by atoms with E-state index in [-0.39, 0.29) is 29.8 Å². The molecular weight excluding hydrogens is 420 g/mol. The van der Waals surface area contributed by atoms with Gasteiger partial charge in [0.1, 0.15) is 12.3 Å². The summed E-state index contributed by atoms with van der Waals surface area (Å²) in [5, 5.41) is 2.67. The van der Waals surface area contributed by atoms with Crippen LogP contribution >= 0.6 is 0 Å². The van der Waals surface area contributed by atoms with Gasteiger partial charge >= 0.3 is 0 Å². The number of fused-ring (bicyclic) bond motifs is 1. The smallest absolute Gasteiger partial charge is 0.251 e. The highest BCUT2D eigenvalue weighted by atomic mass is 32.2. The van der Waals surface area contributed by atoms with Gasteiger partial charge in [-0.05, 0) is 42.0 Å². The minimum absolute atomic E-state index is 0.0475. The Labute approximate surface area is 178 Å². The zero-order valence-electron chi connectivity index (χ0n) is 16.2. The van der Waals surface area contributed by atoms with Crippen LogP contribution in [0.3, 0.4) is 0 Å². The molecule has 0 saturated carbocycles. The molecule has 2 amide bonds. The van der Waals surface area contributed by atoms with E-state index in [0.717, 1.165) is 0 Å². The van der Waals surface area contributed by atoms with E-state index in [1.54, 1.807) is 42.6 Å². The second kappa shape index (κ2) is 8.54. The maximum Gasteiger partial charge on any atom is 0.251 e. The van der Waals surface area contributed by atoms with Crippen molar-refractivity contribution in [3.63, 3.8) is 0 Å². The molecule has 3 aromatic rings. The summed E-state index contributed by atoms with van der Waals surface area (Å²) in [5.74, 6) is -0.177. The standard InChI is InChI=1S/C21H18N4O5S/c26-20-14-25(19-9-10-22-13-18(19)24-20)21(27)8-5-15-3-6-17(7-4-15)31(28,29)23-12-16-2-1-11-30-16/h1-11,13,23H,12,14H2,(H,24,26)/b8-5-. The Kier molecular flexibility index (Phi) is 5.65. The number of rotatable bonds is 6. The molecule has 10 heteroatoms. The molecule has 1 aliphatic heterocycles. The summed E-state index contributed by atoms with van der Waals surface area (Å²) in [6.45, 7) is -0.0510. The number of carbonyl (C=O) groups is 2. The Morgan fingerprint density at radius 3 is 2.77 bits per heavy atom. The van der Waals surface area contributed by atoms with Gasteiger partial charge in [-0.1, -0.05) is 12.1 Å². The van der Waals surface area contributed by atoms with Crippen molar-refractivity contribution in [2.75, 3.05) is 16.8 Å². The molecule has 4 rings (SSSR count). The van der Waals surface area contributed by atoms with Crippen LogP contribution in [0.5, 0.6) is 0 Å². The van der Waals surface area contributed by atoms with Crippen molar-refractivity contribution in [2.45, 2.75) is 11.4 Å². The molecule has 31 heavy (non-hydrogen) atoms. The Morgan fingerprint density at radius 1 is 1.23 bits per heavy atom. The lowest BCUT2D eigenvalue weighted by Crippen LogP contribution is -2.41. The van der Waals surface area contributed by atoms with Crippen LogP contribution in [0.1, 0.15) is 11.3 Å². The van der Waals surface area contributed by atoms with E-state index in [0.29, 0.717) is 22.7 Å². The zero-order chi connectivity index (χ0) is 21.8. The number of nitrogens with one attached hydrogen (secondary N) is 2. The third-order valence-corrected chi connectivity index (χ3v) is 5.97. The molecule has 0 aliphatic carbocycles. The summed E-state index contributed by atoms with van der Waals surface area (Å²) < 4.78 is 32.3. The van der Waals surface area contributed by atoms with E-state index in [1.165, 1.54) is 35.6 Å². The number of anilines is 2. The maximum absolute atomic E-state index is 12.6. The van der Waals surface area contributed by atoms with E-state index in [9.17, 15) is 18.0 Å². The number of carbonyl (C=O) groups excluding carboxylic acids is 2. The van der Waals surface area contributed by atoms with Crippen LogP contribution in [-0.2, 0) is 26.2 Å². The Balaban J connectivity index is 1.44. The first-order valence-corrected chi connectivity index (χ1v) is 10.8. The van der Waals surface area contributed by atoms with Gasteiger partial charge in [0.2, 0.25) is 15.9 Å². The average molecular weight is 438 g/mol. The summed E-state index contributed by atoms with van der Waals surface area (Å²) in [6, 6.07) is 11.1. The molecule has 0 fully saturated rings. The molecule has 3 heterocycles. The molecular formula is C21H18N4O5S. The molecule has 9 nitrogen and oxygen atoms in total. The number of sulfonamides is 1. The molecule has 1 aliphatic rings. The van der Waals surface area contributed by atoms with Crippen LogP contribution in [0.2, 0.25) is 0 Å². The first-order chi connectivity index (χ1) is 14.9. The van der Waals surface area contributed by atoms with E-state index >= 15 is 0 Å². The van der Waals surface area contributed by atoms with Crippen molar-refractivity contribution in [1.82, 2.24) is 9.71 Å². The Hall–Kier alpha value is -3.76. The van der Waals surface area contributed by atoms with E-state index in [2.05, 4.69) is 15.0 Å². The molecule has 0 atom stereocenters. The summed E-state index contributed by atoms with van der Waals surface area (Å²) in [6.07, 6.45) is 7.39. The highest BCUT2D eigenvalue weighted by Gasteiger charge is 2.25. The van der Waals surface area contributed by atoms with Gasteiger partial charge in [0.15, 0.2) is 0 Å². The minimum Gasteiger partial charge on any atom is -0.468 e. The summed E-state index contributed by atoms with van der Waals surface area (Å²) in [4.78, 5) is 29.9. The lowest BCUT2D eigenvalue weighted by molar-refractivity contribution is -0.119. The monoisotopic (exact) mass is 438 g/mol. The fourth-order valence-electron chi connectivity index (χ4n) is 3.01. The third kappa shape index (κ3) is 4.71. The fourth-order valence-corrected chi connectivity index (χ4v) is 4.01. The molecule has 1 aromatic carbocycles. The number of amides is 2. The van der Waals surface area contributed by atoms with Gasteiger partial charge in [0, 0.05) is 12.3 Å².